The summed E-state index contributed by atoms with van der Waals surface area (Å²) in [7, 11) is 0. The van der Waals surface area contributed by atoms with Crippen LogP contribution in [0.15, 0.2) is 30.5 Å². The number of carbonyl (C=O) groups excluding carboxylic acids is 3. The molecule has 2 rings (SSSR count). The van der Waals surface area contributed by atoms with Crippen molar-refractivity contribution in [2.45, 2.75) is 56.8 Å². The van der Waals surface area contributed by atoms with Gasteiger partial charge in [0.25, 0.3) is 0 Å². The zero-order valence-corrected chi connectivity index (χ0v) is 19.6. The highest BCUT2D eigenvalue weighted by Gasteiger charge is 2.29. The Bertz CT molecular complexity index is 1020. The second-order valence-electron chi connectivity index (χ2n) is 8.36. The summed E-state index contributed by atoms with van der Waals surface area (Å²) in [6, 6.07) is 4.12. The lowest BCUT2D eigenvalue weighted by molar-refractivity contribution is -0.145. The van der Waals surface area contributed by atoms with E-state index in [4.69, 9.17) is 11.5 Å². The van der Waals surface area contributed by atoms with Crippen molar-refractivity contribution in [2.24, 2.45) is 11.5 Å². The average Bonchev–Trinajstić information content (AvgIpc) is 3.22. The first-order valence-corrected chi connectivity index (χ1v) is 11.4. The van der Waals surface area contributed by atoms with Gasteiger partial charge in [0.15, 0.2) is 6.04 Å². The van der Waals surface area contributed by atoms with Crippen molar-refractivity contribution < 1.29 is 29.4 Å². The number of hydrogen-bond donors (Lipinski definition) is 8. The number of carbonyl (C=O) groups is 4. The third-order valence-electron chi connectivity index (χ3n) is 5.52. The molecule has 0 saturated heterocycles. The predicted molar refractivity (Wildman–Crippen MR) is 129 cm³/mol. The topological polar surface area (TPSA) is 213 Å². The second-order valence-corrected chi connectivity index (χ2v) is 8.36. The number of aromatic amines is 1. The van der Waals surface area contributed by atoms with Gasteiger partial charge >= 0.3 is 5.97 Å². The monoisotopic (exact) mass is 490 g/mol. The van der Waals surface area contributed by atoms with Crippen molar-refractivity contribution in [2.75, 3.05) is 13.1 Å². The fourth-order valence-corrected chi connectivity index (χ4v) is 3.58. The molecule has 0 spiro atoms. The van der Waals surface area contributed by atoms with Gasteiger partial charge in [-0.15, -0.1) is 0 Å². The summed E-state index contributed by atoms with van der Waals surface area (Å²) in [5.41, 5.74) is 13.3. The molecule has 1 aromatic heterocycles. The minimum atomic E-state index is -1.53. The molecule has 0 aliphatic carbocycles. The maximum absolute atomic E-state index is 12.6. The number of aliphatic carboxylic acids is 1. The van der Waals surface area contributed by atoms with Crippen LogP contribution in [0.3, 0.4) is 0 Å². The Hall–Kier alpha value is -3.48. The van der Waals surface area contributed by atoms with Crippen LogP contribution in [0, 0.1) is 0 Å². The molecular weight excluding hydrogens is 456 g/mol. The molecule has 4 unspecified atom stereocenters. The number of hydrogen-bond acceptors (Lipinski definition) is 7. The molecular formula is C23H34N6O6. The van der Waals surface area contributed by atoms with E-state index in [2.05, 4.69) is 20.9 Å². The van der Waals surface area contributed by atoms with Crippen molar-refractivity contribution in [3.8, 4) is 0 Å². The maximum atomic E-state index is 12.6. The molecule has 0 radical (unpaired) electrons. The van der Waals surface area contributed by atoms with E-state index < -0.39 is 54.5 Å². The van der Waals surface area contributed by atoms with Gasteiger partial charge in [0.2, 0.25) is 17.7 Å². The lowest BCUT2D eigenvalue weighted by Crippen LogP contribution is -2.56. The van der Waals surface area contributed by atoms with E-state index in [-0.39, 0.29) is 12.8 Å². The highest BCUT2D eigenvalue weighted by Crippen LogP contribution is 2.18. The number of carboxylic acid groups (broad SMARTS) is 1. The minimum absolute atomic E-state index is 0.203. The van der Waals surface area contributed by atoms with Crippen molar-refractivity contribution in [1.82, 2.24) is 20.9 Å². The fraction of sp³-hybridized carbons (Fsp3) is 0.478. The average molecular weight is 491 g/mol. The quantitative estimate of drug-likeness (QED) is 0.149. The number of rotatable bonds is 14. The summed E-state index contributed by atoms with van der Waals surface area (Å²) in [5.74, 6) is -3.34. The van der Waals surface area contributed by atoms with E-state index in [9.17, 15) is 29.4 Å². The molecule has 3 amide bonds. The van der Waals surface area contributed by atoms with Crippen LogP contribution in [0.4, 0.5) is 0 Å². The summed E-state index contributed by atoms with van der Waals surface area (Å²) in [4.78, 5) is 51.8. The molecule has 0 aliphatic heterocycles. The van der Waals surface area contributed by atoms with Crippen LogP contribution in [0.25, 0.3) is 10.9 Å². The Morgan fingerprint density at radius 3 is 2.46 bits per heavy atom. The molecule has 0 aliphatic rings. The Balaban J connectivity index is 1.92. The molecule has 0 saturated carbocycles. The number of carboxylic acids is 1. The number of amides is 3. The summed E-state index contributed by atoms with van der Waals surface area (Å²) >= 11 is 0. The number of para-hydroxylation sites is 1. The van der Waals surface area contributed by atoms with Crippen LogP contribution >= 0.6 is 0 Å². The highest BCUT2D eigenvalue weighted by atomic mass is 16.4. The number of benzene rings is 1. The molecule has 35 heavy (non-hydrogen) atoms. The van der Waals surface area contributed by atoms with E-state index in [0.29, 0.717) is 19.4 Å². The van der Waals surface area contributed by atoms with E-state index in [1.807, 2.05) is 24.3 Å². The highest BCUT2D eigenvalue weighted by molar-refractivity contribution is 5.93. The first kappa shape index (κ1) is 27.8. The third-order valence-corrected chi connectivity index (χ3v) is 5.52. The maximum Gasteiger partial charge on any atom is 0.328 e. The number of nitrogens with one attached hydrogen (secondary N) is 4. The molecule has 12 heteroatoms. The predicted octanol–water partition coefficient (Wildman–Crippen LogP) is -1.28. The Morgan fingerprint density at radius 1 is 1.09 bits per heavy atom. The largest absolute Gasteiger partial charge is 0.480 e. The molecule has 0 fully saturated rings. The van der Waals surface area contributed by atoms with Gasteiger partial charge in [0, 0.05) is 17.1 Å². The molecule has 1 aromatic carbocycles. The van der Waals surface area contributed by atoms with Crippen LogP contribution in [0.1, 0.15) is 31.7 Å². The van der Waals surface area contributed by atoms with Crippen molar-refractivity contribution in [3.05, 3.63) is 36.0 Å². The molecule has 4 atom stereocenters. The summed E-state index contributed by atoms with van der Waals surface area (Å²) in [6.07, 6.45) is 2.01. The summed E-state index contributed by atoms with van der Waals surface area (Å²) in [6.45, 7) is 1.20. The van der Waals surface area contributed by atoms with Gasteiger partial charge in [-0.05, 0) is 50.8 Å². The SMILES string of the molecule is CC(O)C(NC(=O)C(CCCCN)NC(=O)CNC(=O)C(N)Cc1c[nH]c2ccccc12)C(=O)O. The molecule has 2 aromatic rings. The number of aromatic nitrogens is 1. The van der Waals surface area contributed by atoms with E-state index in [1.165, 1.54) is 6.92 Å². The number of aliphatic hydroxyl groups is 1. The zero-order chi connectivity index (χ0) is 26.0. The van der Waals surface area contributed by atoms with Gasteiger partial charge in [-0.3, -0.25) is 14.4 Å². The fourth-order valence-electron chi connectivity index (χ4n) is 3.58. The van der Waals surface area contributed by atoms with Gasteiger partial charge in [0.1, 0.15) is 6.04 Å². The van der Waals surface area contributed by atoms with Gasteiger partial charge in [-0.25, -0.2) is 4.79 Å². The van der Waals surface area contributed by atoms with Crippen LogP contribution in [-0.4, -0.2) is 76.2 Å². The summed E-state index contributed by atoms with van der Waals surface area (Å²) < 4.78 is 0. The Kier molecular flexibility index (Phi) is 10.6. The Morgan fingerprint density at radius 2 is 1.80 bits per heavy atom. The van der Waals surface area contributed by atoms with Gasteiger partial charge in [-0.2, -0.15) is 0 Å². The number of nitrogens with two attached hydrogens (primary N) is 2. The van der Waals surface area contributed by atoms with Crippen molar-refractivity contribution in [3.63, 3.8) is 0 Å². The van der Waals surface area contributed by atoms with Gasteiger partial charge < -0.3 is 42.6 Å². The van der Waals surface area contributed by atoms with Crippen LogP contribution in [0.2, 0.25) is 0 Å². The first-order valence-electron chi connectivity index (χ1n) is 11.4. The van der Waals surface area contributed by atoms with E-state index >= 15 is 0 Å². The van der Waals surface area contributed by atoms with Crippen LogP contribution in [0.5, 0.6) is 0 Å². The molecule has 0 bridgehead atoms. The minimum Gasteiger partial charge on any atom is -0.480 e. The molecule has 12 nitrogen and oxygen atoms in total. The first-order chi connectivity index (χ1) is 16.6. The van der Waals surface area contributed by atoms with E-state index in [0.717, 1.165) is 16.5 Å². The molecule has 10 N–H and O–H groups in total. The Labute approximate surface area is 202 Å². The number of unbranched alkanes of at least 4 members (excludes halogenated alkanes) is 1. The van der Waals surface area contributed by atoms with Crippen LogP contribution < -0.4 is 27.4 Å². The number of aliphatic hydroxyl groups excluding tert-OH is 1. The second kappa shape index (κ2) is 13.4. The molecule has 192 valence electrons. The van der Waals surface area contributed by atoms with Crippen LogP contribution in [-0.2, 0) is 25.6 Å². The normalized spacial score (nSPS) is 14.5. The van der Waals surface area contributed by atoms with Crippen molar-refractivity contribution in [1.29, 1.82) is 0 Å². The summed E-state index contributed by atoms with van der Waals surface area (Å²) in [5, 5.41) is 26.9. The van der Waals surface area contributed by atoms with Gasteiger partial charge in [0.05, 0.1) is 18.7 Å². The number of fused-ring (bicyclic) bond motifs is 1. The zero-order valence-electron chi connectivity index (χ0n) is 19.6. The van der Waals surface area contributed by atoms with E-state index in [1.54, 1.807) is 6.20 Å². The van der Waals surface area contributed by atoms with Crippen molar-refractivity contribution >= 4 is 34.6 Å². The smallest absolute Gasteiger partial charge is 0.328 e. The lowest BCUT2D eigenvalue weighted by atomic mass is 10.1. The standard InChI is InChI=1S/C23H34N6O6/c1-13(30)20(23(34)35)29-22(33)18(8-4-5-9-24)28-19(31)12-27-21(32)16(25)10-14-11-26-17-7-3-2-6-15(14)17/h2-3,6-7,11,13,16,18,20,26,30H,4-5,8-10,12,24-25H2,1H3,(H,27,32)(H,28,31)(H,29,33)(H,34,35). The molecule has 1 heterocycles. The number of H-pyrrole nitrogens is 1. The lowest BCUT2D eigenvalue weighted by Gasteiger charge is -2.23. The van der Waals surface area contributed by atoms with Gasteiger partial charge in [-0.1, -0.05) is 18.2 Å². The third kappa shape index (κ3) is 8.35.